The van der Waals surface area contributed by atoms with Crippen molar-refractivity contribution in [3.05, 3.63) is 124 Å². The molecule has 0 bridgehead atoms. The molecule has 1 unspecified atom stereocenters. The highest BCUT2D eigenvalue weighted by atomic mass is 16.5. The van der Waals surface area contributed by atoms with E-state index in [1.54, 1.807) is 14.2 Å². The number of methoxy groups -OCH3 is 2. The van der Waals surface area contributed by atoms with Crippen LogP contribution in [0.25, 0.3) is 0 Å². The number of hydrogen-bond donors (Lipinski definition) is 1. The number of carbonyl (C=O) groups is 2. The summed E-state index contributed by atoms with van der Waals surface area (Å²) in [5.41, 5.74) is 6.12. The van der Waals surface area contributed by atoms with Gasteiger partial charge in [0.25, 0.3) is 0 Å². The number of benzene rings is 4. The zero-order valence-corrected chi connectivity index (χ0v) is 27.6. The molecule has 246 valence electrons. The molecule has 7 heteroatoms. The molecule has 0 spiro atoms. The first-order valence-electron chi connectivity index (χ1n) is 16.4. The first-order chi connectivity index (χ1) is 22.9. The van der Waals surface area contributed by atoms with Crippen molar-refractivity contribution >= 4 is 11.9 Å². The SMILES string of the molecule is COc1ccc(CCc2cc(CC(C(=O)N3CCC[C@H]3CO)c3ccccc3)cc(CCc3ccc(OC)cc3)c2OC(C)=O)cc1. The van der Waals surface area contributed by atoms with Crippen LogP contribution in [0.2, 0.25) is 0 Å². The van der Waals surface area contributed by atoms with E-state index >= 15 is 0 Å². The van der Waals surface area contributed by atoms with E-state index in [2.05, 4.69) is 36.4 Å². The van der Waals surface area contributed by atoms with Gasteiger partial charge in [-0.25, -0.2) is 0 Å². The minimum Gasteiger partial charge on any atom is -0.497 e. The number of ether oxygens (including phenoxy) is 3. The van der Waals surface area contributed by atoms with E-state index in [1.165, 1.54) is 6.92 Å². The van der Waals surface area contributed by atoms with E-state index in [0.29, 0.717) is 31.6 Å². The van der Waals surface area contributed by atoms with Crippen molar-refractivity contribution in [3.63, 3.8) is 0 Å². The molecule has 1 N–H and O–H groups in total. The normalized spacial score (nSPS) is 14.9. The molecule has 0 aromatic heterocycles. The van der Waals surface area contributed by atoms with Crippen molar-refractivity contribution in [1.82, 2.24) is 4.90 Å². The number of hydrogen-bond acceptors (Lipinski definition) is 6. The van der Waals surface area contributed by atoms with Crippen LogP contribution in [0.15, 0.2) is 91.0 Å². The van der Waals surface area contributed by atoms with E-state index < -0.39 is 5.92 Å². The monoisotopic (exact) mass is 635 g/mol. The fraction of sp³-hybridized carbons (Fsp3) is 0.350. The van der Waals surface area contributed by atoms with Gasteiger partial charge in [-0.3, -0.25) is 9.59 Å². The molecule has 1 fully saturated rings. The van der Waals surface area contributed by atoms with Crippen LogP contribution in [0.3, 0.4) is 0 Å². The van der Waals surface area contributed by atoms with Gasteiger partial charge in [-0.2, -0.15) is 0 Å². The predicted molar refractivity (Wildman–Crippen MR) is 183 cm³/mol. The number of esters is 1. The third-order valence-electron chi connectivity index (χ3n) is 9.04. The third-order valence-corrected chi connectivity index (χ3v) is 9.04. The highest BCUT2D eigenvalue weighted by molar-refractivity contribution is 5.84. The van der Waals surface area contributed by atoms with E-state index in [9.17, 15) is 14.7 Å². The minimum atomic E-state index is -0.410. The summed E-state index contributed by atoms with van der Waals surface area (Å²) in [5, 5.41) is 10.0. The van der Waals surface area contributed by atoms with Gasteiger partial charge in [0.2, 0.25) is 5.91 Å². The largest absolute Gasteiger partial charge is 0.497 e. The summed E-state index contributed by atoms with van der Waals surface area (Å²) < 4.78 is 16.6. The molecule has 1 amide bonds. The molecule has 47 heavy (non-hydrogen) atoms. The second-order valence-electron chi connectivity index (χ2n) is 12.2. The zero-order valence-electron chi connectivity index (χ0n) is 27.6. The number of likely N-dealkylation sites (tertiary alicyclic amines) is 1. The van der Waals surface area contributed by atoms with Gasteiger partial charge in [-0.05, 0) is 103 Å². The number of aryl methyl sites for hydroxylation is 4. The molecule has 0 saturated carbocycles. The number of amides is 1. The summed E-state index contributed by atoms with van der Waals surface area (Å²) in [6.45, 7) is 2.06. The number of aliphatic hydroxyl groups excluding tert-OH is 1. The first kappa shape index (κ1) is 33.7. The van der Waals surface area contributed by atoms with Crippen LogP contribution in [-0.4, -0.2) is 55.3 Å². The van der Waals surface area contributed by atoms with Gasteiger partial charge in [-0.1, -0.05) is 66.7 Å². The number of carbonyl (C=O) groups excluding carboxylic acids is 2. The molecule has 5 rings (SSSR count). The maximum atomic E-state index is 14.2. The zero-order chi connectivity index (χ0) is 33.2. The predicted octanol–water partition coefficient (Wildman–Crippen LogP) is 6.51. The smallest absolute Gasteiger partial charge is 0.308 e. The van der Waals surface area contributed by atoms with Crippen LogP contribution in [0.1, 0.15) is 59.1 Å². The second kappa shape index (κ2) is 16.3. The third kappa shape index (κ3) is 8.80. The average Bonchev–Trinajstić information content (AvgIpc) is 3.59. The molecule has 1 heterocycles. The van der Waals surface area contributed by atoms with Crippen LogP contribution in [-0.2, 0) is 41.7 Å². The van der Waals surface area contributed by atoms with Crippen LogP contribution >= 0.6 is 0 Å². The van der Waals surface area contributed by atoms with Gasteiger partial charge in [-0.15, -0.1) is 0 Å². The Labute approximate surface area is 278 Å². The summed E-state index contributed by atoms with van der Waals surface area (Å²) in [6, 6.07) is 30.0. The van der Waals surface area contributed by atoms with Gasteiger partial charge in [0.1, 0.15) is 17.2 Å². The molecule has 2 atom stereocenters. The van der Waals surface area contributed by atoms with Crippen LogP contribution in [0.4, 0.5) is 0 Å². The number of rotatable bonds is 14. The van der Waals surface area contributed by atoms with Crippen molar-refractivity contribution in [3.8, 4) is 17.2 Å². The quantitative estimate of drug-likeness (QED) is 0.126. The molecule has 4 aromatic rings. The van der Waals surface area contributed by atoms with E-state index in [4.69, 9.17) is 14.2 Å². The highest BCUT2D eigenvalue weighted by Crippen LogP contribution is 2.34. The summed E-state index contributed by atoms with van der Waals surface area (Å²) in [7, 11) is 3.31. The lowest BCUT2D eigenvalue weighted by Gasteiger charge is -2.29. The molecular weight excluding hydrogens is 590 g/mol. The Hall–Kier alpha value is -4.62. The van der Waals surface area contributed by atoms with Crippen molar-refractivity contribution in [2.45, 2.75) is 63.8 Å². The Bertz CT molecular complexity index is 1540. The Morgan fingerprint density at radius 2 is 1.34 bits per heavy atom. The van der Waals surface area contributed by atoms with Crippen LogP contribution in [0.5, 0.6) is 17.2 Å². The maximum absolute atomic E-state index is 14.2. The lowest BCUT2D eigenvalue weighted by atomic mass is 9.87. The summed E-state index contributed by atoms with van der Waals surface area (Å²) in [6.07, 6.45) is 4.98. The molecule has 4 aromatic carbocycles. The number of nitrogens with zero attached hydrogens (tertiary/aromatic N) is 1. The van der Waals surface area contributed by atoms with Gasteiger partial charge in [0, 0.05) is 13.5 Å². The standard InChI is InChI=1S/C40H45NO6/c1-28(43)47-39-33(17-11-29-13-19-36(45-2)20-14-29)24-31(25-34(39)18-12-30-15-21-37(46-3)22-16-30)26-38(32-8-5-4-6-9-32)40(44)41-23-7-10-35(41)27-42/h4-6,8-9,13-16,19-22,24-25,35,38,42H,7,10-12,17-18,23,26-27H2,1-3H3/t35-,38?/m0/s1. The van der Waals surface area contributed by atoms with Gasteiger partial charge < -0.3 is 24.2 Å². The van der Waals surface area contributed by atoms with E-state index in [0.717, 1.165) is 70.6 Å². The number of aliphatic hydroxyl groups is 1. The highest BCUT2D eigenvalue weighted by Gasteiger charge is 2.34. The summed E-state index contributed by atoms with van der Waals surface area (Å²) in [5.74, 6) is 1.47. The van der Waals surface area contributed by atoms with Gasteiger partial charge >= 0.3 is 5.97 Å². The Morgan fingerprint density at radius 3 is 1.83 bits per heavy atom. The average molecular weight is 636 g/mol. The Balaban J connectivity index is 1.52. The van der Waals surface area contributed by atoms with E-state index in [1.807, 2.05) is 59.5 Å². The van der Waals surface area contributed by atoms with Gasteiger partial charge in [0.15, 0.2) is 0 Å². The van der Waals surface area contributed by atoms with E-state index in [-0.39, 0.29) is 24.5 Å². The molecule has 0 aliphatic carbocycles. The molecular formula is C40H45NO6. The molecule has 0 radical (unpaired) electrons. The fourth-order valence-electron chi connectivity index (χ4n) is 6.52. The van der Waals surface area contributed by atoms with Crippen molar-refractivity contribution in [2.24, 2.45) is 0 Å². The Morgan fingerprint density at radius 1 is 0.787 bits per heavy atom. The summed E-state index contributed by atoms with van der Waals surface area (Å²) >= 11 is 0. The topological polar surface area (TPSA) is 85.3 Å². The molecule has 1 aliphatic rings. The lowest BCUT2D eigenvalue weighted by Crippen LogP contribution is -2.41. The lowest BCUT2D eigenvalue weighted by molar-refractivity contribution is -0.134. The van der Waals surface area contributed by atoms with Crippen LogP contribution in [0, 0.1) is 0 Å². The fourth-order valence-corrected chi connectivity index (χ4v) is 6.52. The van der Waals surface area contributed by atoms with Gasteiger partial charge in [0.05, 0.1) is 32.8 Å². The second-order valence-corrected chi connectivity index (χ2v) is 12.2. The molecule has 1 aliphatic heterocycles. The first-order valence-corrected chi connectivity index (χ1v) is 16.4. The maximum Gasteiger partial charge on any atom is 0.308 e. The summed E-state index contributed by atoms with van der Waals surface area (Å²) in [4.78, 5) is 28.4. The Kier molecular flexibility index (Phi) is 11.7. The van der Waals surface area contributed by atoms with Crippen molar-refractivity contribution in [1.29, 1.82) is 0 Å². The molecule has 7 nitrogen and oxygen atoms in total. The van der Waals surface area contributed by atoms with Crippen molar-refractivity contribution in [2.75, 3.05) is 27.4 Å². The minimum absolute atomic E-state index is 0.0324. The van der Waals surface area contributed by atoms with Crippen LogP contribution < -0.4 is 14.2 Å². The molecule has 1 saturated heterocycles. The van der Waals surface area contributed by atoms with Crippen molar-refractivity contribution < 1.29 is 28.9 Å².